The number of hydrogen-bond acceptors (Lipinski definition) is 6. The van der Waals surface area contributed by atoms with Crippen LogP contribution in [0.15, 0.2) is 26.4 Å². The second-order valence-corrected chi connectivity index (χ2v) is 3.14. The summed E-state index contributed by atoms with van der Waals surface area (Å²) in [5, 5.41) is 0. The van der Waals surface area contributed by atoms with Crippen molar-refractivity contribution in [3.8, 4) is 0 Å². The lowest BCUT2D eigenvalue weighted by Crippen LogP contribution is -2.25. The molecule has 60 valence electrons. The molecule has 1 unspecified atom stereocenters. The monoisotopic (exact) mass is 179 g/mol. The van der Waals surface area contributed by atoms with Crippen molar-refractivity contribution in [2.24, 2.45) is 15.0 Å². The molecule has 6 heteroatoms. The lowest BCUT2D eigenvalue weighted by Gasteiger charge is -2.11. The normalized spacial score (nSPS) is 29.3. The number of hydrogen-bond donors (Lipinski definition) is 2. The Labute approximate surface area is 73.0 Å². The molecule has 0 bridgehead atoms. The van der Waals surface area contributed by atoms with Gasteiger partial charge in [-0.2, -0.15) is 0 Å². The largest absolute Gasteiger partial charge is 0.309 e. The first-order valence-electron chi connectivity index (χ1n) is 3.50. The predicted molar refractivity (Wildman–Crippen MR) is 49.1 cm³/mol. The highest BCUT2D eigenvalue weighted by Crippen LogP contribution is 2.22. The van der Waals surface area contributed by atoms with Gasteiger partial charge >= 0.3 is 0 Å². The molecule has 3 heterocycles. The molecule has 12 heavy (non-hydrogen) atoms. The minimum Gasteiger partial charge on any atom is -0.309 e. The van der Waals surface area contributed by atoms with Crippen molar-refractivity contribution < 1.29 is 0 Å². The molecule has 0 saturated heterocycles. The quantitative estimate of drug-likeness (QED) is 0.508. The molecule has 0 aromatic heterocycles. The van der Waals surface area contributed by atoms with Gasteiger partial charge in [-0.15, -0.1) is 0 Å². The van der Waals surface area contributed by atoms with Crippen molar-refractivity contribution in [3.63, 3.8) is 0 Å². The van der Waals surface area contributed by atoms with Gasteiger partial charge in [-0.05, 0) is 0 Å². The fourth-order valence-corrected chi connectivity index (χ4v) is 1.89. The van der Waals surface area contributed by atoms with Crippen LogP contribution in [0, 0.1) is 0 Å². The maximum atomic E-state index is 4.21. The first-order chi connectivity index (χ1) is 5.95. The van der Waals surface area contributed by atoms with Gasteiger partial charge in [-0.3, -0.25) is 4.99 Å². The van der Waals surface area contributed by atoms with E-state index in [9.17, 15) is 0 Å². The molecule has 0 radical (unpaired) electrons. The molecule has 3 rings (SSSR count). The molecule has 0 amide bonds. The third kappa shape index (κ3) is 0.672. The zero-order valence-electron chi connectivity index (χ0n) is 5.98. The van der Waals surface area contributed by atoms with E-state index in [0.717, 1.165) is 17.1 Å². The summed E-state index contributed by atoms with van der Waals surface area (Å²) in [4.78, 5) is 12.4. The van der Waals surface area contributed by atoms with Gasteiger partial charge in [0.25, 0.3) is 0 Å². The van der Waals surface area contributed by atoms with Crippen LogP contribution in [0.25, 0.3) is 0 Å². The summed E-state index contributed by atoms with van der Waals surface area (Å²) in [6, 6.07) is 0. The molecular formula is C6H5N5S. The minimum atomic E-state index is -0.114. The van der Waals surface area contributed by atoms with Crippen LogP contribution < -0.4 is 9.44 Å². The van der Waals surface area contributed by atoms with Gasteiger partial charge in [0, 0.05) is 0 Å². The van der Waals surface area contributed by atoms with E-state index in [-0.39, 0.29) is 6.17 Å². The molecule has 0 aromatic carbocycles. The van der Waals surface area contributed by atoms with Crippen molar-refractivity contribution in [1.29, 1.82) is 0 Å². The summed E-state index contributed by atoms with van der Waals surface area (Å²) < 4.78 is 6.18. The standard InChI is InChI=1S/C6H5N5S/c1-3-4(11-12-10-3)5-6(7-1)9-2-8-5/h1-2,6,10-11H. The van der Waals surface area contributed by atoms with Crippen LogP contribution in [0.4, 0.5) is 0 Å². The fraction of sp³-hybridized carbons (Fsp3) is 0.167. The molecule has 5 nitrogen and oxygen atoms in total. The average Bonchev–Trinajstić information content (AvgIpc) is 2.71. The van der Waals surface area contributed by atoms with Crippen molar-refractivity contribution in [3.05, 3.63) is 11.4 Å². The summed E-state index contributed by atoms with van der Waals surface area (Å²) >= 11 is 1.43. The fourth-order valence-electron chi connectivity index (χ4n) is 1.26. The van der Waals surface area contributed by atoms with Crippen LogP contribution >= 0.6 is 12.1 Å². The number of dihydropyridines is 1. The number of allylic oxidation sites excluding steroid dienone is 1. The summed E-state index contributed by atoms with van der Waals surface area (Å²) in [5.74, 6) is 0. The number of rotatable bonds is 0. The SMILES string of the molecule is C1=NC2N=CC3=C(NSN3)C2=N1. The van der Waals surface area contributed by atoms with Gasteiger partial charge in [0.15, 0.2) is 6.17 Å². The van der Waals surface area contributed by atoms with Crippen LogP contribution in [-0.2, 0) is 0 Å². The molecule has 1 atom stereocenters. The number of nitrogens with zero attached hydrogens (tertiary/aromatic N) is 3. The highest BCUT2D eigenvalue weighted by molar-refractivity contribution is 7.96. The van der Waals surface area contributed by atoms with Crippen LogP contribution in [0.5, 0.6) is 0 Å². The maximum Gasteiger partial charge on any atom is 0.185 e. The highest BCUT2D eigenvalue weighted by atomic mass is 32.2. The van der Waals surface area contributed by atoms with Crippen molar-refractivity contribution in [2.75, 3.05) is 0 Å². The Bertz CT molecular complexity index is 353. The van der Waals surface area contributed by atoms with Crippen LogP contribution in [0.3, 0.4) is 0 Å². The Hall–Kier alpha value is -1.30. The van der Waals surface area contributed by atoms with Gasteiger partial charge in [-0.1, -0.05) is 0 Å². The van der Waals surface area contributed by atoms with Crippen molar-refractivity contribution in [1.82, 2.24) is 9.44 Å². The van der Waals surface area contributed by atoms with Crippen LogP contribution in [-0.4, -0.2) is 24.4 Å². The number of nitrogens with one attached hydrogen (secondary N) is 2. The molecule has 0 spiro atoms. The third-order valence-corrected chi connectivity index (χ3v) is 2.46. The molecule has 0 fully saturated rings. The lowest BCUT2D eigenvalue weighted by atomic mass is 10.1. The van der Waals surface area contributed by atoms with Crippen molar-refractivity contribution >= 4 is 30.4 Å². The van der Waals surface area contributed by atoms with Crippen molar-refractivity contribution in [2.45, 2.75) is 6.17 Å². The lowest BCUT2D eigenvalue weighted by molar-refractivity contribution is 0.933. The highest BCUT2D eigenvalue weighted by Gasteiger charge is 2.29. The summed E-state index contributed by atoms with van der Waals surface area (Å²) in [7, 11) is 0. The molecule has 0 aliphatic carbocycles. The Morgan fingerprint density at radius 2 is 2.33 bits per heavy atom. The third-order valence-electron chi connectivity index (χ3n) is 1.83. The molecule has 2 N–H and O–H groups in total. The topological polar surface area (TPSA) is 61.1 Å². The smallest absolute Gasteiger partial charge is 0.185 e. The van der Waals surface area contributed by atoms with Crippen LogP contribution in [0.2, 0.25) is 0 Å². The molecule has 0 aromatic rings. The van der Waals surface area contributed by atoms with Crippen LogP contribution in [0.1, 0.15) is 0 Å². The molecule has 3 aliphatic rings. The summed E-state index contributed by atoms with van der Waals surface area (Å²) in [5.41, 5.74) is 2.91. The first kappa shape index (κ1) is 6.24. The molecular weight excluding hydrogens is 174 g/mol. The van der Waals surface area contributed by atoms with E-state index < -0.39 is 0 Å². The van der Waals surface area contributed by atoms with E-state index in [1.165, 1.54) is 12.1 Å². The Morgan fingerprint density at radius 3 is 3.33 bits per heavy atom. The molecule has 3 aliphatic heterocycles. The van der Waals surface area contributed by atoms with Gasteiger partial charge < -0.3 is 9.44 Å². The second-order valence-electron chi connectivity index (χ2n) is 2.53. The summed E-state index contributed by atoms with van der Waals surface area (Å²) in [6.45, 7) is 0. The number of aliphatic imine (C=N–C) groups is 3. The Kier molecular flexibility index (Phi) is 1.09. The van der Waals surface area contributed by atoms with Gasteiger partial charge in [0.2, 0.25) is 0 Å². The average molecular weight is 179 g/mol. The second kappa shape index (κ2) is 2.10. The summed E-state index contributed by atoms with van der Waals surface area (Å²) in [6.07, 6.45) is 3.23. The Morgan fingerprint density at radius 1 is 1.33 bits per heavy atom. The zero-order chi connectivity index (χ0) is 7.97. The van der Waals surface area contributed by atoms with E-state index in [1.54, 1.807) is 12.6 Å². The van der Waals surface area contributed by atoms with Gasteiger partial charge in [0.1, 0.15) is 12.1 Å². The van der Waals surface area contributed by atoms with Gasteiger partial charge in [-0.25, -0.2) is 9.98 Å². The van der Waals surface area contributed by atoms with E-state index >= 15 is 0 Å². The zero-order valence-corrected chi connectivity index (χ0v) is 6.80. The van der Waals surface area contributed by atoms with E-state index in [1.807, 2.05) is 0 Å². The van der Waals surface area contributed by atoms with Gasteiger partial charge in [0.05, 0.1) is 29.7 Å². The Balaban J connectivity index is 2.12. The number of fused-ring (bicyclic) bond motifs is 2. The molecule has 0 saturated carbocycles. The minimum absolute atomic E-state index is 0.114. The van der Waals surface area contributed by atoms with E-state index in [2.05, 4.69) is 24.4 Å². The first-order valence-corrected chi connectivity index (χ1v) is 4.32. The predicted octanol–water partition coefficient (Wildman–Crippen LogP) is -0.153. The maximum absolute atomic E-state index is 4.21. The van der Waals surface area contributed by atoms with E-state index in [4.69, 9.17) is 0 Å². The van der Waals surface area contributed by atoms with E-state index in [0.29, 0.717) is 0 Å².